The largest absolute Gasteiger partial charge is 0.464 e. The van der Waals surface area contributed by atoms with Gasteiger partial charge in [0, 0.05) is 11.8 Å². The van der Waals surface area contributed by atoms with Crippen molar-refractivity contribution in [1.29, 1.82) is 0 Å². The zero-order valence-corrected chi connectivity index (χ0v) is 11.7. The van der Waals surface area contributed by atoms with Crippen molar-refractivity contribution < 1.29 is 19.2 Å². The molecule has 1 aromatic heterocycles. The minimum atomic E-state index is -0.654. The smallest absolute Gasteiger partial charge is 0.362 e. The van der Waals surface area contributed by atoms with E-state index in [1.165, 1.54) is 25.6 Å². The number of carbonyl (C=O) groups excluding carboxylic acids is 2. The molecule has 1 N–H and O–H groups in total. The Kier molecular flexibility index (Phi) is 5.94. The second kappa shape index (κ2) is 7.47. The van der Waals surface area contributed by atoms with Crippen molar-refractivity contribution in [3.8, 4) is 0 Å². The molecule has 19 heavy (non-hydrogen) atoms. The summed E-state index contributed by atoms with van der Waals surface area (Å²) in [4.78, 5) is 31.6. The van der Waals surface area contributed by atoms with Gasteiger partial charge in [0.25, 0.3) is 0 Å². The SMILES string of the molecule is CCCC(=O)Nc1nc(C(=NOC)C(=O)OC)cs1. The van der Waals surface area contributed by atoms with Crippen LogP contribution in [0.1, 0.15) is 25.5 Å². The Labute approximate surface area is 114 Å². The van der Waals surface area contributed by atoms with Crippen LogP contribution in [0.15, 0.2) is 10.5 Å². The average Bonchev–Trinajstić information content (AvgIpc) is 2.83. The lowest BCUT2D eigenvalue weighted by molar-refractivity contribution is -0.132. The first kappa shape index (κ1) is 15.1. The van der Waals surface area contributed by atoms with Gasteiger partial charge in [-0.25, -0.2) is 9.78 Å². The number of nitrogens with zero attached hydrogens (tertiary/aromatic N) is 2. The number of carbonyl (C=O) groups is 2. The first-order valence-corrected chi connectivity index (χ1v) is 6.45. The summed E-state index contributed by atoms with van der Waals surface area (Å²) in [6.45, 7) is 1.91. The molecule has 0 saturated heterocycles. The summed E-state index contributed by atoms with van der Waals surface area (Å²) in [5.74, 6) is -0.773. The molecule has 8 heteroatoms. The number of thiazole rings is 1. The van der Waals surface area contributed by atoms with E-state index in [4.69, 9.17) is 0 Å². The summed E-state index contributed by atoms with van der Waals surface area (Å²) < 4.78 is 4.58. The zero-order valence-electron chi connectivity index (χ0n) is 10.9. The summed E-state index contributed by atoms with van der Waals surface area (Å²) in [5, 5.41) is 8.20. The minimum Gasteiger partial charge on any atom is -0.464 e. The van der Waals surface area contributed by atoms with Crippen molar-refractivity contribution in [2.45, 2.75) is 19.8 Å². The van der Waals surface area contributed by atoms with Crippen LogP contribution in [0.3, 0.4) is 0 Å². The summed E-state index contributed by atoms with van der Waals surface area (Å²) in [7, 11) is 2.56. The van der Waals surface area contributed by atoms with Crippen molar-refractivity contribution in [3.05, 3.63) is 11.1 Å². The van der Waals surface area contributed by atoms with Gasteiger partial charge < -0.3 is 14.9 Å². The van der Waals surface area contributed by atoms with Crippen molar-refractivity contribution >= 4 is 34.1 Å². The number of rotatable bonds is 6. The highest BCUT2D eigenvalue weighted by Crippen LogP contribution is 2.17. The predicted octanol–water partition coefficient (Wildman–Crippen LogP) is 1.41. The number of methoxy groups -OCH3 is 1. The van der Waals surface area contributed by atoms with Crippen LogP contribution in [0.25, 0.3) is 0 Å². The minimum absolute atomic E-state index is 0.0442. The Bertz CT molecular complexity index is 484. The lowest BCUT2D eigenvalue weighted by Gasteiger charge is -2.00. The summed E-state index contributed by atoms with van der Waals surface area (Å²) >= 11 is 1.20. The van der Waals surface area contributed by atoms with Gasteiger partial charge in [-0.1, -0.05) is 12.1 Å². The maximum atomic E-state index is 11.5. The Morgan fingerprint density at radius 1 is 1.47 bits per heavy atom. The van der Waals surface area contributed by atoms with Crippen molar-refractivity contribution in [2.24, 2.45) is 5.16 Å². The Hall–Kier alpha value is -1.96. The van der Waals surface area contributed by atoms with Gasteiger partial charge in [-0.3, -0.25) is 4.79 Å². The number of hydrogen-bond donors (Lipinski definition) is 1. The Morgan fingerprint density at radius 2 is 2.21 bits per heavy atom. The molecule has 1 aromatic rings. The summed E-state index contributed by atoms with van der Waals surface area (Å²) in [6.07, 6.45) is 1.17. The molecule has 0 fully saturated rings. The Balaban J connectivity index is 2.85. The second-order valence-electron chi connectivity index (χ2n) is 3.45. The second-order valence-corrected chi connectivity index (χ2v) is 4.31. The molecule has 1 rings (SSSR count). The van der Waals surface area contributed by atoms with E-state index in [1.807, 2.05) is 6.92 Å². The number of ether oxygens (including phenoxy) is 1. The fourth-order valence-electron chi connectivity index (χ4n) is 1.23. The maximum absolute atomic E-state index is 11.5. The standard InChI is InChI=1S/C11H15N3O4S/c1-4-5-8(15)13-11-12-7(6-19-11)9(14-18-3)10(16)17-2/h6H,4-5H2,1-3H3,(H,12,13,15). The van der Waals surface area contributed by atoms with Crippen LogP contribution in [0.2, 0.25) is 0 Å². The predicted molar refractivity (Wildman–Crippen MR) is 71.2 cm³/mol. The third-order valence-corrected chi connectivity index (χ3v) is 2.79. The highest BCUT2D eigenvalue weighted by Gasteiger charge is 2.19. The molecule has 0 unspecified atom stereocenters. The number of nitrogens with one attached hydrogen (secondary N) is 1. The van der Waals surface area contributed by atoms with E-state index in [0.29, 0.717) is 17.2 Å². The van der Waals surface area contributed by atoms with E-state index in [9.17, 15) is 9.59 Å². The van der Waals surface area contributed by atoms with E-state index in [0.717, 1.165) is 6.42 Å². The van der Waals surface area contributed by atoms with Crippen LogP contribution in [0.4, 0.5) is 5.13 Å². The highest BCUT2D eigenvalue weighted by molar-refractivity contribution is 7.14. The third kappa shape index (κ3) is 4.32. The molecule has 1 heterocycles. The van der Waals surface area contributed by atoms with Gasteiger partial charge in [0.15, 0.2) is 5.13 Å². The molecule has 0 aliphatic carbocycles. The van der Waals surface area contributed by atoms with E-state index in [-0.39, 0.29) is 11.6 Å². The monoisotopic (exact) mass is 285 g/mol. The molecule has 1 amide bonds. The van der Waals surface area contributed by atoms with Crippen LogP contribution >= 0.6 is 11.3 Å². The summed E-state index contributed by atoms with van der Waals surface area (Å²) in [6, 6.07) is 0. The molecular formula is C11H15N3O4S. The van der Waals surface area contributed by atoms with E-state index < -0.39 is 5.97 Å². The number of hydrogen-bond acceptors (Lipinski definition) is 7. The normalized spacial score (nSPS) is 11.0. The summed E-state index contributed by atoms with van der Waals surface area (Å²) in [5.41, 5.74) is 0.253. The van der Waals surface area contributed by atoms with Gasteiger partial charge in [0.2, 0.25) is 11.6 Å². The lowest BCUT2D eigenvalue weighted by Crippen LogP contribution is -2.18. The zero-order chi connectivity index (χ0) is 14.3. The van der Waals surface area contributed by atoms with Crippen LogP contribution in [0, 0.1) is 0 Å². The highest BCUT2D eigenvalue weighted by atomic mass is 32.1. The van der Waals surface area contributed by atoms with Crippen molar-refractivity contribution in [2.75, 3.05) is 19.5 Å². The van der Waals surface area contributed by atoms with E-state index >= 15 is 0 Å². The third-order valence-electron chi connectivity index (χ3n) is 2.03. The number of anilines is 1. The molecule has 104 valence electrons. The number of aromatic nitrogens is 1. The quantitative estimate of drug-likeness (QED) is 0.485. The van der Waals surface area contributed by atoms with Gasteiger partial charge in [-0.2, -0.15) is 0 Å². The molecule has 0 radical (unpaired) electrons. The van der Waals surface area contributed by atoms with Crippen LogP contribution < -0.4 is 5.32 Å². The fraction of sp³-hybridized carbons (Fsp3) is 0.455. The van der Waals surface area contributed by atoms with Gasteiger partial charge in [-0.05, 0) is 6.42 Å². The van der Waals surface area contributed by atoms with Crippen LogP contribution in [0.5, 0.6) is 0 Å². The van der Waals surface area contributed by atoms with Crippen molar-refractivity contribution in [1.82, 2.24) is 4.98 Å². The fourth-order valence-corrected chi connectivity index (χ4v) is 1.94. The number of oxime groups is 1. The van der Waals surface area contributed by atoms with Crippen molar-refractivity contribution in [3.63, 3.8) is 0 Å². The maximum Gasteiger partial charge on any atom is 0.362 e. The van der Waals surface area contributed by atoms with Gasteiger partial charge in [0.1, 0.15) is 12.8 Å². The number of amides is 1. The molecule has 0 atom stereocenters. The first-order valence-electron chi connectivity index (χ1n) is 5.57. The van der Waals surface area contributed by atoms with Crippen LogP contribution in [-0.4, -0.2) is 36.8 Å². The topological polar surface area (TPSA) is 89.9 Å². The molecule has 0 aliphatic rings. The lowest BCUT2D eigenvalue weighted by atomic mass is 10.3. The van der Waals surface area contributed by atoms with Crippen LogP contribution in [-0.2, 0) is 19.2 Å². The molecule has 0 saturated carbocycles. The molecule has 0 spiro atoms. The average molecular weight is 285 g/mol. The van der Waals surface area contributed by atoms with E-state index in [1.54, 1.807) is 5.38 Å². The molecule has 0 aromatic carbocycles. The molecular weight excluding hydrogens is 270 g/mol. The van der Waals surface area contributed by atoms with Gasteiger partial charge >= 0.3 is 5.97 Å². The van der Waals surface area contributed by atoms with Gasteiger partial charge in [0.05, 0.1) is 7.11 Å². The molecule has 0 bridgehead atoms. The molecule has 0 aliphatic heterocycles. The number of esters is 1. The van der Waals surface area contributed by atoms with Gasteiger partial charge in [-0.15, -0.1) is 11.3 Å². The van der Waals surface area contributed by atoms with E-state index in [2.05, 4.69) is 25.0 Å². The first-order chi connectivity index (χ1) is 9.12. The Morgan fingerprint density at radius 3 is 2.79 bits per heavy atom. The molecule has 7 nitrogen and oxygen atoms in total.